The maximum absolute atomic E-state index is 12.8. The van der Waals surface area contributed by atoms with Gasteiger partial charge in [-0.1, -0.05) is 203 Å². The summed E-state index contributed by atoms with van der Waals surface area (Å²) < 4.78 is 22.8. The summed E-state index contributed by atoms with van der Waals surface area (Å²) in [5, 5.41) is 40.2. The molecule has 1 heterocycles. The van der Waals surface area contributed by atoms with Crippen molar-refractivity contribution in [3.63, 3.8) is 0 Å². The smallest absolute Gasteiger partial charge is 0.306 e. The Kier molecular flexibility index (Phi) is 41.2. The van der Waals surface area contributed by atoms with Gasteiger partial charge in [0.05, 0.1) is 19.8 Å². The van der Waals surface area contributed by atoms with Gasteiger partial charge in [0.15, 0.2) is 6.29 Å². The number of aliphatic hydroxyl groups excluding tert-OH is 4. The third-order valence-electron chi connectivity index (χ3n) is 11.4. The first-order valence-corrected chi connectivity index (χ1v) is 25.4. The van der Waals surface area contributed by atoms with E-state index in [9.17, 15) is 25.2 Å². The van der Waals surface area contributed by atoms with Gasteiger partial charge in [-0.15, -0.1) is 0 Å². The molecule has 0 aromatic carbocycles. The lowest BCUT2D eigenvalue weighted by Crippen LogP contribution is -2.59. The number of esters is 1. The zero-order valence-electron chi connectivity index (χ0n) is 39.6. The molecule has 0 aromatic heterocycles. The number of aliphatic hydroxyl groups is 4. The molecule has 0 amide bonds. The van der Waals surface area contributed by atoms with Gasteiger partial charge >= 0.3 is 5.97 Å². The summed E-state index contributed by atoms with van der Waals surface area (Å²) in [6.07, 6.45) is 49.8. The van der Waals surface area contributed by atoms with Crippen molar-refractivity contribution in [1.29, 1.82) is 0 Å². The minimum Gasteiger partial charge on any atom is -0.457 e. The molecule has 1 saturated heterocycles. The zero-order valence-corrected chi connectivity index (χ0v) is 39.6. The Hall–Kier alpha value is -2.11. The van der Waals surface area contributed by atoms with Crippen molar-refractivity contribution >= 4 is 5.97 Å². The Labute approximate surface area is 379 Å². The Bertz CT molecular complexity index is 1130. The van der Waals surface area contributed by atoms with Crippen molar-refractivity contribution in [2.75, 3.05) is 26.4 Å². The van der Waals surface area contributed by atoms with Crippen molar-refractivity contribution in [2.45, 2.75) is 243 Å². The monoisotopic (exact) mass is 875 g/mol. The van der Waals surface area contributed by atoms with E-state index in [1.807, 2.05) is 0 Å². The summed E-state index contributed by atoms with van der Waals surface area (Å²) in [6.45, 7) is 4.36. The van der Waals surface area contributed by atoms with Crippen LogP contribution in [-0.4, -0.2) is 89.6 Å². The van der Waals surface area contributed by atoms with Gasteiger partial charge in [0.2, 0.25) is 0 Å². The average molecular weight is 875 g/mol. The second kappa shape index (κ2) is 44.1. The summed E-state index contributed by atoms with van der Waals surface area (Å²) in [7, 11) is 0. The molecule has 6 unspecified atom stereocenters. The van der Waals surface area contributed by atoms with Crippen LogP contribution in [0.4, 0.5) is 0 Å². The van der Waals surface area contributed by atoms with E-state index in [4.69, 9.17) is 18.9 Å². The normalized spacial score (nSPS) is 20.3. The second-order valence-corrected chi connectivity index (χ2v) is 17.2. The fourth-order valence-electron chi connectivity index (χ4n) is 7.52. The van der Waals surface area contributed by atoms with Gasteiger partial charge in [0.1, 0.15) is 30.5 Å². The predicted octanol–water partition coefficient (Wildman–Crippen LogP) is 12.3. The molecule has 1 rings (SSSR count). The van der Waals surface area contributed by atoms with E-state index in [2.05, 4.69) is 74.6 Å². The first-order chi connectivity index (χ1) is 30.4. The van der Waals surface area contributed by atoms with E-state index in [0.717, 1.165) is 70.6 Å². The molecule has 0 saturated carbocycles. The van der Waals surface area contributed by atoms with E-state index in [-0.39, 0.29) is 19.2 Å². The summed E-state index contributed by atoms with van der Waals surface area (Å²) in [5.41, 5.74) is 0. The van der Waals surface area contributed by atoms with Gasteiger partial charge < -0.3 is 39.4 Å². The van der Waals surface area contributed by atoms with Crippen molar-refractivity contribution < 1.29 is 44.2 Å². The van der Waals surface area contributed by atoms with Crippen molar-refractivity contribution in [3.05, 3.63) is 60.8 Å². The van der Waals surface area contributed by atoms with Gasteiger partial charge in [-0.05, 0) is 57.8 Å². The van der Waals surface area contributed by atoms with Gasteiger partial charge in [0, 0.05) is 13.0 Å². The van der Waals surface area contributed by atoms with Crippen LogP contribution in [0.2, 0.25) is 0 Å². The molecule has 0 aliphatic carbocycles. The number of hydrogen-bond donors (Lipinski definition) is 4. The highest BCUT2D eigenvalue weighted by molar-refractivity contribution is 5.69. The van der Waals surface area contributed by atoms with E-state index >= 15 is 0 Å². The molecule has 360 valence electrons. The number of unbranched alkanes of at least 4 members (excludes halogenated alkanes) is 22. The molecule has 6 atom stereocenters. The fraction of sp³-hybridized carbons (Fsp3) is 0.792. The molecule has 0 aromatic rings. The zero-order chi connectivity index (χ0) is 45.0. The second-order valence-electron chi connectivity index (χ2n) is 17.2. The van der Waals surface area contributed by atoms with Crippen LogP contribution in [0, 0.1) is 0 Å². The van der Waals surface area contributed by atoms with Crippen LogP contribution in [-0.2, 0) is 23.7 Å². The van der Waals surface area contributed by atoms with Crippen LogP contribution in [0.25, 0.3) is 0 Å². The molecule has 0 bridgehead atoms. The third kappa shape index (κ3) is 34.3. The minimum atomic E-state index is -1.55. The minimum absolute atomic E-state index is 0.115. The van der Waals surface area contributed by atoms with E-state index < -0.39 is 43.4 Å². The van der Waals surface area contributed by atoms with Crippen LogP contribution < -0.4 is 0 Å². The highest BCUT2D eigenvalue weighted by atomic mass is 16.7. The summed E-state index contributed by atoms with van der Waals surface area (Å²) in [5.74, 6) is -0.327. The van der Waals surface area contributed by atoms with Crippen molar-refractivity contribution in [3.8, 4) is 0 Å². The summed E-state index contributed by atoms with van der Waals surface area (Å²) in [4.78, 5) is 12.8. The Morgan fingerprint density at radius 1 is 0.532 bits per heavy atom. The van der Waals surface area contributed by atoms with E-state index in [1.165, 1.54) is 116 Å². The third-order valence-corrected chi connectivity index (χ3v) is 11.4. The quantitative estimate of drug-likeness (QED) is 0.0268. The first kappa shape index (κ1) is 57.9. The van der Waals surface area contributed by atoms with Crippen LogP contribution in [0.1, 0.15) is 206 Å². The molecular formula is C53H94O9. The molecule has 1 aliphatic heterocycles. The number of ether oxygens (including phenoxy) is 4. The molecule has 62 heavy (non-hydrogen) atoms. The van der Waals surface area contributed by atoms with Crippen LogP contribution in [0.15, 0.2) is 60.8 Å². The molecular weight excluding hydrogens is 781 g/mol. The Morgan fingerprint density at radius 3 is 1.45 bits per heavy atom. The van der Waals surface area contributed by atoms with Crippen molar-refractivity contribution in [2.24, 2.45) is 0 Å². The van der Waals surface area contributed by atoms with E-state index in [1.54, 1.807) is 0 Å². The Balaban J connectivity index is 2.24. The van der Waals surface area contributed by atoms with E-state index in [0.29, 0.717) is 13.0 Å². The average Bonchev–Trinajstić information content (AvgIpc) is 3.27. The molecule has 9 nitrogen and oxygen atoms in total. The molecule has 1 aliphatic rings. The molecule has 9 heteroatoms. The highest BCUT2D eigenvalue weighted by Crippen LogP contribution is 2.23. The molecule has 4 N–H and O–H groups in total. The number of hydrogen-bond acceptors (Lipinski definition) is 9. The number of carbonyl (C=O) groups is 1. The lowest BCUT2D eigenvalue weighted by Gasteiger charge is -2.39. The largest absolute Gasteiger partial charge is 0.457 e. The topological polar surface area (TPSA) is 135 Å². The van der Waals surface area contributed by atoms with Crippen LogP contribution in [0.5, 0.6) is 0 Å². The number of rotatable bonds is 43. The molecule has 0 radical (unpaired) electrons. The lowest BCUT2D eigenvalue weighted by molar-refractivity contribution is -0.305. The lowest BCUT2D eigenvalue weighted by atomic mass is 9.99. The summed E-state index contributed by atoms with van der Waals surface area (Å²) >= 11 is 0. The van der Waals surface area contributed by atoms with Gasteiger partial charge in [-0.3, -0.25) is 4.79 Å². The van der Waals surface area contributed by atoms with Gasteiger partial charge in [-0.25, -0.2) is 0 Å². The summed E-state index contributed by atoms with van der Waals surface area (Å²) in [6, 6.07) is 0. The van der Waals surface area contributed by atoms with Gasteiger partial charge in [-0.2, -0.15) is 0 Å². The maximum atomic E-state index is 12.8. The van der Waals surface area contributed by atoms with Crippen LogP contribution in [0.3, 0.4) is 0 Å². The van der Waals surface area contributed by atoms with Crippen molar-refractivity contribution in [1.82, 2.24) is 0 Å². The number of carbonyl (C=O) groups excluding carboxylic acids is 1. The maximum Gasteiger partial charge on any atom is 0.306 e. The predicted molar refractivity (Wildman–Crippen MR) is 256 cm³/mol. The number of allylic oxidation sites excluding steroid dienone is 10. The van der Waals surface area contributed by atoms with Gasteiger partial charge in [0.25, 0.3) is 0 Å². The highest BCUT2D eigenvalue weighted by Gasteiger charge is 2.44. The van der Waals surface area contributed by atoms with Crippen LogP contribution >= 0.6 is 0 Å². The fourth-order valence-corrected chi connectivity index (χ4v) is 7.52. The standard InChI is InChI=1S/C53H94O9/c1-3-5-7-9-11-13-15-17-19-21-23-24-25-26-28-30-32-34-36-38-40-42-49(55)61-47(46-60-53-52(58)51(57)50(56)48(44-54)62-53)45-59-43-41-39-37-35-33-31-29-27-22-20-18-16-14-12-10-8-6-4-2/h6,8,12,14,18,20,27,29,33,35,47-48,50-54,56-58H,3-5,7,9-11,13,15-17,19,21-26,28,30-32,34,36-46H2,1-2H3/b8-6-,14-12-,20-18-,29-27-,35-33-. The first-order valence-electron chi connectivity index (χ1n) is 25.4. The molecule has 0 spiro atoms. The SMILES string of the molecule is CC/C=C\C/C=C\C/C=C\C/C=C\C/C=C\CCCCOCC(COC1OC(CO)C(O)C(O)C1O)OC(=O)CCCCCCCCCCCCCCCCCCCCCCC. The Morgan fingerprint density at radius 2 is 0.984 bits per heavy atom. The molecule has 1 fully saturated rings.